The molecule has 1 N–H and O–H groups in total. The summed E-state index contributed by atoms with van der Waals surface area (Å²) in [6, 6.07) is 23.5. The van der Waals surface area contributed by atoms with Gasteiger partial charge in [-0.25, -0.2) is 0 Å². The van der Waals surface area contributed by atoms with Gasteiger partial charge >= 0.3 is 0 Å². The van der Waals surface area contributed by atoms with Crippen LogP contribution in [0.4, 0.5) is 0 Å². The minimum atomic E-state index is 0. The number of imidazole rings is 1. The molecule has 0 aliphatic carbocycles. The lowest BCUT2D eigenvalue weighted by molar-refractivity contribution is 0.292. The van der Waals surface area contributed by atoms with Crippen molar-refractivity contribution < 1.29 is 9.47 Å². The van der Waals surface area contributed by atoms with Crippen LogP contribution in [-0.4, -0.2) is 22.3 Å². The maximum absolute atomic E-state index is 8.72. The minimum absolute atomic E-state index is 0. The van der Waals surface area contributed by atoms with Crippen LogP contribution in [0.5, 0.6) is 11.5 Å². The number of benzene rings is 3. The predicted molar refractivity (Wildman–Crippen MR) is 131 cm³/mol. The lowest BCUT2D eigenvalue weighted by atomic mass is 10.2. The highest BCUT2D eigenvalue weighted by molar-refractivity contribution is 6.30. The van der Waals surface area contributed by atoms with Crippen molar-refractivity contribution in [2.75, 3.05) is 13.2 Å². The number of aromatic nitrogens is 2. The molecule has 0 saturated heterocycles. The van der Waals surface area contributed by atoms with Crippen molar-refractivity contribution in [2.24, 2.45) is 0 Å². The number of ether oxygens (including phenoxy) is 2. The van der Waals surface area contributed by atoms with Gasteiger partial charge in [0.1, 0.15) is 18.1 Å². The van der Waals surface area contributed by atoms with Gasteiger partial charge in [-0.15, -0.1) is 12.4 Å². The molecule has 0 aliphatic heterocycles. The van der Waals surface area contributed by atoms with Gasteiger partial charge in [0.2, 0.25) is 5.62 Å². The zero-order valence-electron chi connectivity index (χ0n) is 18.0. The van der Waals surface area contributed by atoms with Gasteiger partial charge in [-0.1, -0.05) is 41.4 Å². The molecule has 4 aromatic rings. The molecule has 168 valence electrons. The maximum atomic E-state index is 8.72. The van der Waals surface area contributed by atoms with E-state index in [1.165, 1.54) is 5.56 Å². The number of hydrogen-bond donors (Lipinski definition) is 1. The van der Waals surface area contributed by atoms with Gasteiger partial charge in [-0.2, -0.15) is 0 Å². The smallest absolute Gasteiger partial charge is 0.203 e. The van der Waals surface area contributed by atoms with Gasteiger partial charge in [0.25, 0.3) is 0 Å². The summed E-state index contributed by atoms with van der Waals surface area (Å²) >= 11 is 5.91. The molecule has 3 aromatic carbocycles. The molecule has 7 heteroatoms. The second kappa shape index (κ2) is 11.1. The molecular weight excluding hydrogens is 445 g/mol. The van der Waals surface area contributed by atoms with E-state index < -0.39 is 0 Å². The summed E-state index contributed by atoms with van der Waals surface area (Å²) in [5.74, 6) is 1.65. The van der Waals surface area contributed by atoms with E-state index in [9.17, 15) is 0 Å². The van der Waals surface area contributed by atoms with Gasteiger partial charge in [0, 0.05) is 11.6 Å². The van der Waals surface area contributed by atoms with Crippen molar-refractivity contribution in [3.63, 3.8) is 0 Å². The number of para-hydroxylation sites is 2. The monoisotopic (exact) mass is 471 g/mol. The Kier molecular flexibility index (Phi) is 8.26. The number of rotatable bonds is 9. The molecule has 4 rings (SSSR count). The number of nitrogens with zero attached hydrogens (tertiary/aromatic N) is 2. The summed E-state index contributed by atoms with van der Waals surface area (Å²) in [7, 11) is 0. The molecule has 0 aliphatic rings. The first-order chi connectivity index (χ1) is 15.1. The molecule has 0 unspecified atom stereocenters. The van der Waals surface area contributed by atoms with Crippen LogP contribution in [0.1, 0.15) is 12.0 Å². The van der Waals surface area contributed by atoms with Crippen LogP contribution in [0.15, 0.2) is 72.8 Å². The Morgan fingerprint density at radius 2 is 1.28 bits per heavy atom. The second-order valence-corrected chi connectivity index (χ2v) is 7.87. The number of fused-ring (bicyclic) bond motifs is 1. The molecule has 0 bridgehead atoms. The van der Waals surface area contributed by atoms with E-state index in [0.717, 1.165) is 29.0 Å². The lowest BCUT2D eigenvalue weighted by Crippen LogP contribution is -2.27. The number of halogens is 2. The fraction of sp³-hybridized carbons (Fsp3) is 0.240. The molecular formula is C25H27Cl2N3O2. The first-order valence-corrected chi connectivity index (χ1v) is 10.8. The molecule has 0 fully saturated rings. The summed E-state index contributed by atoms with van der Waals surface area (Å²) < 4.78 is 15.7. The van der Waals surface area contributed by atoms with Crippen LogP contribution in [0, 0.1) is 12.3 Å². The van der Waals surface area contributed by atoms with Crippen molar-refractivity contribution in [1.82, 2.24) is 9.13 Å². The Hall–Kier alpha value is -2.89. The highest BCUT2D eigenvalue weighted by atomic mass is 35.5. The quantitative estimate of drug-likeness (QED) is 0.311. The topological polar surface area (TPSA) is 52.2 Å². The van der Waals surface area contributed by atoms with Crippen molar-refractivity contribution in [3.8, 4) is 11.5 Å². The van der Waals surface area contributed by atoms with E-state index in [2.05, 4.69) is 19.1 Å². The number of aryl methyl sites for hydroxylation is 2. The molecule has 0 atom stereocenters. The van der Waals surface area contributed by atoms with Gasteiger partial charge in [0.15, 0.2) is 0 Å². The Labute approximate surface area is 199 Å². The zero-order chi connectivity index (χ0) is 21.6. The van der Waals surface area contributed by atoms with Crippen LogP contribution in [-0.2, 0) is 13.1 Å². The van der Waals surface area contributed by atoms with Crippen LogP contribution in [0.2, 0.25) is 5.02 Å². The van der Waals surface area contributed by atoms with Crippen molar-refractivity contribution in [2.45, 2.75) is 26.4 Å². The van der Waals surface area contributed by atoms with Gasteiger partial charge in [0.05, 0.1) is 24.2 Å². The zero-order valence-corrected chi connectivity index (χ0v) is 19.5. The van der Waals surface area contributed by atoms with E-state index in [0.29, 0.717) is 36.9 Å². The van der Waals surface area contributed by atoms with E-state index in [4.69, 9.17) is 26.5 Å². The Morgan fingerprint density at radius 1 is 0.750 bits per heavy atom. The number of nitrogens with one attached hydrogen (secondary N) is 1. The minimum Gasteiger partial charge on any atom is -0.494 e. The van der Waals surface area contributed by atoms with E-state index >= 15 is 0 Å². The molecule has 0 radical (unpaired) electrons. The van der Waals surface area contributed by atoms with Crippen LogP contribution in [0.3, 0.4) is 0 Å². The van der Waals surface area contributed by atoms with Crippen LogP contribution >= 0.6 is 24.0 Å². The third-order valence-corrected chi connectivity index (χ3v) is 5.44. The lowest BCUT2D eigenvalue weighted by Gasteiger charge is -2.09. The van der Waals surface area contributed by atoms with Gasteiger partial charge in [-0.05, 0) is 61.9 Å². The Bertz CT molecular complexity index is 1200. The standard InChI is InChI=1S/C25H26ClN3O2.ClH/c1-19-7-11-21(12-8-19)31-18-16-29-24-6-3-2-5-23(24)28(25(29)27)15-4-17-30-22-13-9-20(26)10-14-22;/h2-3,5-14,27H,4,15-18H2,1H3;1H. The van der Waals surface area contributed by atoms with Crippen molar-refractivity contribution in [3.05, 3.63) is 89.0 Å². The second-order valence-electron chi connectivity index (χ2n) is 7.43. The Morgan fingerprint density at radius 3 is 1.91 bits per heavy atom. The number of hydrogen-bond acceptors (Lipinski definition) is 3. The molecule has 0 amide bonds. The summed E-state index contributed by atoms with van der Waals surface area (Å²) in [5, 5.41) is 9.42. The van der Waals surface area contributed by atoms with Gasteiger partial charge in [-0.3, -0.25) is 5.41 Å². The van der Waals surface area contributed by atoms with Crippen LogP contribution in [0.25, 0.3) is 11.0 Å². The molecule has 0 saturated carbocycles. The predicted octanol–water partition coefficient (Wildman–Crippen LogP) is 5.85. The fourth-order valence-electron chi connectivity index (χ4n) is 3.58. The first kappa shape index (κ1) is 23.8. The maximum Gasteiger partial charge on any atom is 0.203 e. The molecule has 1 aromatic heterocycles. The average Bonchev–Trinajstić information content (AvgIpc) is 3.05. The van der Waals surface area contributed by atoms with Crippen molar-refractivity contribution >= 4 is 35.0 Å². The Balaban J connectivity index is 0.00000289. The molecule has 32 heavy (non-hydrogen) atoms. The molecule has 5 nitrogen and oxygen atoms in total. The highest BCUT2D eigenvalue weighted by Gasteiger charge is 2.10. The van der Waals surface area contributed by atoms with Gasteiger partial charge < -0.3 is 18.6 Å². The summed E-state index contributed by atoms with van der Waals surface area (Å²) in [5.41, 5.74) is 3.77. The normalized spacial score (nSPS) is 10.7. The SMILES string of the molecule is Cc1ccc(OCCn2c(=N)n(CCCOc3ccc(Cl)cc3)c3ccccc32)cc1.Cl. The van der Waals surface area contributed by atoms with E-state index in [1.807, 2.05) is 69.8 Å². The highest BCUT2D eigenvalue weighted by Crippen LogP contribution is 2.17. The molecule has 0 spiro atoms. The average molecular weight is 472 g/mol. The summed E-state index contributed by atoms with van der Waals surface area (Å²) in [6.45, 7) is 4.46. The van der Waals surface area contributed by atoms with E-state index in [-0.39, 0.29) is 12.4 Å². The largest absolute Gasteiger partial charge is 0.494 e. The fourth-order valence-corrected chi connectivity index (χ4v) is 3.71. The summed E-state index contributed by atoms with van der Waals surface area (Å²) in [6.07, 6.45) is 0.799. The van der Waals surface area contributed by atoms with E-state index in [1.54, 1.807) is 0 Å². The summed E-state index contributed by atoms with van der Waals surface area (Å²) in [4.78, 5) is 0. The molecule has 1 heterocycles. The van der Waals surface area contributed by atoms with Crippen molar-refractivity contribution in [1.29, 1.82) is 5.41 Å². The third kappa shape index (κ3) is 5.67. The first-order valence-electron chi connectivity index (χ1n) is 10.4. The third-order valence-electron chi connectivity index (χ3n) is 5.19. The van der Waals surface area contributed by atoms with Crippen LogP contribution < -0.4 is 15.1 Å².